The maximum atomic E-state index is 12.7. The monoisotopic (exact) mass is 317 g/mol. The van der Waals surface area contributed by atoms with E-state index >= 15 is 0 Å². The molecule has 0 fully saturated rings. The second kappa shape index (κ2) is 6.17. The Morgan fingerprint density at radius 1 is 1.24 bits per heavy atom. The van der Waals surface area contributed by atoms with Gasteiger partial charge in [0.1, 0.15) is 6.61 Å². The Morgan fingerprint density at radius 3 is 2.62 bits per heavy atom. The molecule has 0 saturated heterocycles. The minimum Gasteiger partial charge on any atom is -0.473 e. The summed E-state index contributed by atoms with van der Waals surface area (Å²) in [6, 6.07) is 7.58. The maximum Gasteiger partial charge on any atom is 0.433 e. The van der Waals surface area contributed by atoms with Gasteiger partial charge in [-0.1, -0.05) is 23.7 Å². The SMILES string of the molecule is CNc1nc(OCc2cccc(Cl)c2)cc(C(F)(F)F)n1. The van der Waals surface area contributed by atoms with E-state index in [-0.39, 0.29) is 18.4 Å². The van der Waals surface area contributed by atoms with Gasteiger partial charge in [-0.05, 0) is 17.7 Å². The van der Waals surface area contributed by atoms with Crippen molar-refractivity contribution in [2.24, 2.45) is 0 Å². The number of ether oxygens (including phenoxy) is 1. The van der Waals surface area contributed by atoms with Crippen molar-refractivity contribution in [1.82, 2.24) is 9.97 Å². The van der Waals surface area contributed by atoms with Crippen LogP contribution in [-0.4, -0.2) is 17.0 Å². The van der Waals surface area contributed by atoms with Gasteiger partial charge in [-0.25, -0.2) is 4.98 Å². The molecule has 0 unspecified atom stereocenters. The van der Waals surface area contributed by atoms with Crippen LogP contribution in [0.15, 0.2) is 30.3 Å². The Hall–Kier alpha value is -2.02. The minimum absolute atomic E-state index is 0.0536. The number of hydrogen-bond acceptors (Lipinski definition) is 4. The summed E-state index contributed by atoms with van der Waals surface area (Å²) in [4.78, 5) is 7.17. The van der Waals surface area contributed by atoms with Crippen molar-refractivity contribution in [3.63, 3.8) is 0 Å². The van der Waals surface area contributed by atoms with E-state index in [1.54, 1.807) is 24.3 Å². The van der Waals surface area contributed by atoms with Crippen molar-refractivity contribution in [2.45, 2.75) is 12.8 Å². The summed E-state index contributed by atoms with van der Waals surface area (Å²) < 4.78 is 43.4. The second-order valence-electron chi connectivity index (χ2n) is 4.08. The van der Waals surface area contributed by atoms with E-state index in [2.05, 4.69) is 15.3 Å². The van der Waals surface area contributed by atoms with E-state index in [0.717, 1.165) is 11.6 Å². The van der Waals surface area contributed by atoms with Crippen LogP contribution < -0.4 is 10.1 Å². The molecule has 0 atom stereocenters. The number of benzene rings is 1. The summed E-state index contributed by atoms with van der Waals surface area (Å²) in [6.07, 6.45) is -4.57. The standard InChI is InChI=1S/C13H11ClF3N3O/c1-18-12-19-10(13(15,16)17)6-11(20-12)21-7-8-3-2-4-9(14)5-8/h2-6H,7H2,1H3,(H,18,19,20). The number of halogens is 4. The summed E-state index contributed by atoms with van der Waals surface area (Å²) in [5.41, 5.74) is -0.344. The van der Waals surface area contributed by atoms with Crippen LogP contribution >= 0.6 is 11.6 Å². The van der Waals surface area contributed by atoms with Gasteiger partial charge in [0.15, 0.2) is 5.69 Å². The summed E-state index contributed by atoms with van der Waals surface area (Å²) in [5, 5.41) is 2.98. The van der Waals surface area contributed by atoms with Gasteiger partial charge in [0.2, 0.25) is 11.8 Å². The van der Waals surface area contributed by atoms with Gasteiger partial charge >= 0.3 is 6.18 Å². The third kappa shape index (κ3) is 4.22. The average Bonchev–Trinajstić information content (AvgIpc) is 2.44. The van der Waals surface area contributed by atoms with Gasteiger partial charge in [-0.2, -0.15) is 18.2 Å². The Labute approximate surface area is 123 Å². The zero-order valence-electron chi connectivity index (χ0n) is 10.9. The number of hydrogen-bond donors (Lipinski definition) is 1. The fraction of sp³-hybridized carbons (Fsp3) is 0.231. The molecule has 1 heterocycles. The third-order valence-electron chi connectivity index (χ3n) is 2.49. The highest BCUT2D eigenvalue weighted by Gasteiger charge is 2.34. The topological polar surface area (TPSA) is 47.0 Å². The predicted molar refractivity (Wildman–Crippen MR) is 72.4 cm³/mol. The van der Waals surface area contributed by atoms with E-state index in [4.69, 9.17) is 16.3 Å². The first-order chi connectivity index (χ1) is 9.88. The Balaban J connectivity index is 2.19. The van der Waals surface area contributed by atoms with Crippen LogP contribution in [0.25, 0.3) is 0 Å². The molecule has 4 nitrogen and oxygen atoms in total. The molecule has 0 bridgehead atoms. The fourth-order valence-corrected chi connectivity index (χ4v) is 1.75. The molecule has 0 aliphatic carbocycles. The number of aromatic nitrogens is 2. The number of nitrogens with zero attached hydrogens (tertiary/aromatic N) is 2. The lowest BCUT2D eigenvalue weighted by molar-refractivity contribution is -0.141. The first-order valence-electron chi connectivity index (χ1n) is 5.90. The van der Waals surface area contributed by atoms with Crippen molar-refractivity contribution in [2.75, 3.05) is 12.4 Å². The van der Waals surface area contributed by atoms with E-state index in [1.165, 1.54) is 7.05 Å². The number of alkyl halides is 3. The summed E-state index contributed by atoms with van der Waals surface area (Å²) in [5.74, 6) is -0.326. The lowest BCUT2D eigenvalue weighted by atomic mass is 10.2. The molecular weight excluding hydrogens is 307 g/mol. The zero-order chi connectivity index (χ0) is 15.5. The first kappa shape index (κ1) is 15.4. The summed E-state index contributed by atoms with van der Waals surface area (Å²) in [6.45, 7) is 0.0536. The van der Waals surface area contributed by atoms with Crippen LogP contribution in [0.1, 0.15) is 11.3 Å². The van der Waals surface area contributed by atoms with Crippen molar-refractivity contribution >= 4 is 17.5 Å². The predicted octanol–water partition coefficient (Wildman–Crippen LogP) is 3.77. The Kier molecular flexibility index (Phi) is 4.52. The third-order valence-corrected chi connectivity index (χ3v) is 2.73. The van der Waals surface area contributed by atoms with Gasteiger partial charge in [-0.3, -0.25) is 0 Å². The van der Waals surface area contributed by atoms with Crippen molar-refractivity contribution in [3.8, 4) is 5.88 Å². The highest BCUT2D eigenvalue weighted by Crippen LogP contribution is 2.30. The zero-order valence-corrected chi connectivity index (χ0v) is 11.7. The first-order valence-corrected chi connectivity index (χ1v) is 6.27. The largest absolute Gasteiger partial charge is 0.473 e. The molecule has 112 valence electrons. The lowest BCUT2D eigenvalue weighted by Crippen LogP contribution is -2.12. The molecule has 0 saturated carbocycles. The van der Waals surface area contributed by atoms with Gasteiger partial charge in [-0.15, -0.1) is 0 Å². The quantitative estimate of drug-likeness (QED) is 0.932. The molecule has 0 amide bonds. The molecule has 1 N–H and O–H groups in total. The Morgan fingerprint density at radius 2 is 2.00 bits per heavy atom. The molecule has 1 aromatic heterocycles. The summed E-state index contributed by atoms with van der Waals surface area (Å²) >= 11 is 5.82. The van der Waals surface area contributed by atoms with Crippen molar-refractivity contribution in [1.29, 1.82) is 0 Å². The van der Waals surface area contributed by atoms with Crippen LogP contribution in [0, 0.1) is 0 Å². The average molecular weight is 318 g/mol. The molecule has 0 spiro atoms. The molecule has 21 heavy (non-hydrogen) atoms. The molecule has 0 radical (unpaired) electrons. The highest BCUT2D eigenvalue weighted by atomic mass is 35.5. The minimum atomic E-state index is -4.57. The van der Waals surface area contributed by atoms with E-state index in [1.807, 2.05) is 0 Å². The van der Waals surface area contributed by atoms with Crippen LogP contribution in [0.4, 0.5) is 19.1 Å². The molecule has 2 aromatic rings. The smallest absolute Gasteiger partial charge is 0.433 e. The fourth-order valence-electron chi connectivity index (χ4n) is 1.54. The lowest BCUT2D eigenvalue weighted by Gasteiger charge is -2.11. The van der Waals surface area contributed by atoms with Gasteiger partial charge < -0.3 is 10.1 Å². The van der Waals surface area contributed by atoms with E-state index in [0.29, 0.717) is 5.02 Å². The number of anilines is 1. The second-order valence-corrected chi connectivity index (χ2v) is 4.52. The van der Waals surface area contributed by atoms with Crippen LogP contribution in [0.3, 0.4) is 0 Å². The highest BCUT2D eigenvalue weighted by molar-refractivity contribution is 6.30. The molecule has 8 heteroatoms. The molecule has 1 aromatic carbocycles. The molecular formula is C13H11ClF3N3O. The van der Waals surface area contributed by atoms with Crippen LogP contribution in [0.5, 0.6) is 5.88 Å². The number of rotatable bonds is 4. The molecule has 2 rings (SSSR count). The van der Waals surface area contributed by atoms with Crippen LogP contribution in [-0.2, 0) is 12.8 Å². The van der Waals surface area contributed by atoms with Gasteiger partial charge in [0.05, 0.1) is 0 Å². The van der Waals surface area contributed by atoms with Crippen molar-refractivity contribution < 1.29 is 17.9 Å². The normalized spacial score (nSPS) is 11.3. The summed E-state index contributed by atoms with van der Waals surface area (Å²) in [7, 11) is 1.43. The molecule has 0 aliphatic heterocycles. The molecule has 0 aliphatic rings. The van der Waals surface area contributed by atoms with Gasteiger partial charge in [0.25, 0.3) is 0 Å². The van der Waals surface area contributed by atoms with E-state index < -0.39 is 11.9 Å². The Bertz CT molecular complexity index is 634. The number of nitrogens with one attached hydrogen (secondary N) is 1. The maximum absolute atomic E-state index is 12.7. The van der Waals surface area contributed by atoms with Crippen molar-refractivity contribution in [3.05, 3.63) is 46.6 Å². The van der Waals surface area contributed by atoms with E-state index in [9.17, 15) is 13.2 Å². The van der Waals surface area contributed by atoms with Crippen LogP contribution in [0.2, 0.25) is 5.02 Å². The van der Waals surface area contributed by atoms with Gasteiger partial charge in [0, 0.05) is 18.1 Å².